The summed E-state index contributed by atoms with van der Waals surface area (Å²) >= 11 is 0. The van der Waals surface area contributed by atoms with E-state index in [1.807, 2.05) is 0 Å². The van der Waals surface area contributed by atoms with Crippen LogP contribution in [0.5, 0.6) is 11.5 Å². The first-order valence-electron chi connectivity index (χ1n) is 7.10. The summed E-state index contributed by atoms with van der Waals surface area (Å²) in [5.74, 6) is 1.82. The lowest BCUT2D eigenvalue weighted by atomic mass is 10.2. The Kier molecular flexibility index (Phi) is 5.76. The van der Waals surface area contributed by atoms with Crippen LogP contribution >= 0.6 is 7.60 Å². The molecule has 0 aliphatic carbocycles. The molecule has 0 spiro atoms. The molecule has 0 saturated carbocycles. The maximum absolute atomic E-state index is 10.8. The molecule has 0 bridgehead atoms. The van der Waals surface area contributed by atoms with E-state index in [0.717, 1.165) is 10.9 Å². The standard InChI is InChI=1S/C14H20N3O5P/c1-21-12-7-10-11(8-13(12)22-2)16-9-17-14(10)15-5-3-4-6-23(18,19)20/h7-9H,3-6H2,1-2H3,(H,15,16,17)(H2,18,19,20). The molecule has 8 nitrogen and oxygen atoms in total. The molecule has 0 unspecified atom stereocenters. The van der Waals surface area contributed by atoms with E-state index in [0.29, 0.717) is 36.7 Å². The van der Waals surface area contributed by atoms with Gasteiger partial charge >= 0.3 is 7.60 Å². The van der Waals surface area contributed by atoms with Crippen LogP contribution in [0.3, 0.4) is 0 Å². The second-order valence-corrected chi connectivity index (χ2v) is 6.75. The second kappa shape index (κ2) is 7.59. The summed E-state index contributed by atoms with van der Waals surface area (Å²) < 4.78 is 21.3. The Bertz CT molecular complexity index is 719. The fourth-order valence-electron chi connectivity index (χ4n) is 2.17. The quantitative estimate of drug-likeness (QED) is 0.493. The molecule has 126 valence electrons. The van der Waals surface area contributed by atoms with Crippen LogP contribution in [0.2, 0.25) is 0 Å². The van der Waals surface area contributed by atoms with Crippen molar-refractivity contribution in [3.8, 4) is 11.5 Å². The van der Waals surface area contributed by atoms with Gasteiger partial charge in [-0.2, -0.15) is 0 Å². The van der Waals surface area contributed by atoms with Crippen molar-refractivity contribution in [1.29, 1.82) is 0 Å². The Balaban J connectivity index is 2.10. The maximum atomic E-state index is 10.8. The summed E-state index contributed by atoms with van der Waals surface area (Å²) in [6.07, 6.45) is 2.41. The summed E-state index contributed by atoms with van der Waals surface area (Å²) in [7, 11) is -0.802. The van der Waals surface area contributed by atoms with Crippen LogP contribution in [0.15, 0.2) is 18.5 Å². The molecule has 0 radical (unpaired) electrons. The molecule has 9 heteroatoms. The van der Waals surface area contributed by atoms with E-state index in [4.69, 9.17) is 19.3 Å². The third-order valence-electron chi connectivity index (χ3n) is 3.31. The van der Waals surface area contributed by atoms with Crippen molar-refractivity contribution in [2.45, 2.75) is 12.8 Å². The van der Waals surface area contributed by atoms with Crippen LogP contribution < -0.4 is 14.8 Å². The van der Waals surface area contributed by atoms with Crippen molar-refractivity contribution < 1.29 is 23.8 Å². The van der Waals surface area contributed by atoms with Gasteiger partial charge in [-0.15, -0.1) is 0 Å². The van der Waals surface area contributed by atoms with Crippen molar-refractivity contribution in [2.75, 3.05) is 32.2 Å². The molecule has 2 rings (SSSR count). The van der Waals surface area contributed by atoms with E-state index in [9.17, 15) is 4.57 Å². The van der Waals surface area contributed by atoms with Crippen LogP contribution in [-0.4, -0.2) is 46.7 Å². The van der Waals surface area contributed by atoms with Crippen LogP contribution in [-0.2, 0) is 4.57 Å². The number of nitrogens with one attached hydrogen (secondary N) is 1. The van der Waals surface area contributed by atoms with Crippen molar-refractivity contribution in [2.24, 2.45) is 0 Å². The lowest BCUT2D eigenvalue weighted by molar-refractivity contribution is 0.356. The zero-order valence-electron chi connectivity index (χ0n) is 13.0. The zero-order chi connectivity index (χ0) is 16.9. The van der Waals surface area contributed by atoms with Crippen LogP contribution in [0.1, 0.15) is 12.8 Å². The molecule has 1 aromatic heterocycles. The van der Waals surface area contributed by atoms with Crippen molar-refractivity contribution in [1.82, 2.24) is 9.97 Å². The average molecular weight is 341 g/mol. The summed E-state index contributed by atoms with van der Waals surface area (Å²) in [6, 6.07) is 3.57. The second-order valence-electron chi connectivity index (χ2n) is 4.97. The molecule has 1 heterocycles. The molecule has 0 saturated heterocycles. The first kappa shape index (κ1) is 17.5. The summed E-state index contributed by atoms with van der Waals surface area (Å²) in [4.78, 5) is 26.1. The van der Waals surface area contributed by atoms with E-state index in [-0.39, 0.29) is 6.16 Å². The molecule has 0 atom stereocenters. The molecule has 0 fully saturated rings. The molecule has 0 aliphatic rings. The number of hydrogen-bond donors (Lipinski definition) is 3. The fourth-order valence-corrected chi connectivity index (χ4v) is 2.81. The van der Waals surface area contributed by atoms with E-state index in [1.54, 1.807) is 26.4 Å². The molecule has 1 aromatic carbocycles. The molecular formula is C14H20N3O5P. The molecule has 3 N–H and O–H groups in total. The number of fused-ring (bicyclic) bond motifs is 1. The number of benzene rings is 1. The largest absolute Gasteiger partial charge is 0.493 e. The van der Waals surface area contributed by atoms with Gasteiger partial charge in [-0.1, -0.05) is 0 Å². The number of rotatable bonds is 8. The van der Waals surface area contributed by atoms with Crippen LogP contribution in [0, 0.1) is 0 Å². The Labute approximate surface area is 134 Å². The van der Waals surface area contributed by atoms with Crippen molar-refractivity contribution in [3.05, 3.63) is 18.5 Å². The molecule has 23 heavy (non-hydrogen) atoms. The van der Waals surface area contributed by atoms with E-state index < -0.39 is 7.60 Å². The molecule has 0 aliphatic heterocycles. The minimum atomic E-state index is -3.92. The van der Waals surface area contributed by atoms with Crippen LogP contribution in [0.25, 0.3) is 10.9 Å². The van der Waals surface area contributed by atoms with Gasteiger partial charge in [0.15, 0.2) is 11.5 Å². The lowest BCUT2D eigenvalue weighted by Crippen LogP contribution is -2.05. The number of ether oxygens (including phenoxy) is 2. The summed E-state index contributed by atoms with van der Waals surface area (Å²) in [5, 5.41) is 3.95. The van der Waals surface area contributed by atoms with E-state index in [2.05, 4.69) is 15.3 Å². The Morgan fingerprint density at radius 3 is 2.48 bits per heavy atom. The predicted octanol–water partition coefficient (Wildman–Crippen LogP) is 2.02. The number of hydrogen-bond acceptors (Lipinski definition) is 6. The van der Waals surface area contributed by atoms with Gasteiger partial charge in [0, 0.05) is 24.2 Å². The molecular weight excluding hydrogens is 321 g/mol. The highest BCUT2D eigenvalue weighted by molar-refractivity contribution is 7.51. The zero-order valence-corrected chi connectivity index (χ0v) is 13.9. The van der Waals surface area contributed by atoms with E-state index >= 15 is 0 Å². The summed E-state index contributed by atoms with van der Waals surface area (Å²) in [5.41, 5.74) is 0.718. The Morgan fingerprint density at radius 2 is 1.83 bits per heavy atom. The monoisotopic (exact) mass is 341 g/mol. The Hall–Kier alpha value is -1.89. The number of nitrogens with zero attached hydrogens (tertiary/aromatic N) is 2. The highest BCUT2D eigenvalue weighted by atomic mass is 31.2. The third-order valence-corrected chi connectivity index (χ3v) is 4.21. The van der Waals surface area contributed by atoms with Gasteiger partial charge in [-0.3, -0.25) is 4.57 Å². The van der Waals surface area contributed by atoms with E-state index in [1.165, 1.54) is 6.33 Å². The first-order chi connectivity index (χ1) is 10.9. The normalized spacial score (nSPS) is 11.5. The smallest absolute Gasteiger partial charge is 0.325 e. The van der Waals surface area contributed by atoms with Gasteiger partial charge in [0.05, 0.1) is 19.7 Å². The van der Waals surface area contributed by atoms with Crippen molar-refractivity contribution in [3.63, 3.8) is 0 Å². The van der Waals surface area contributed by atoms with Gasteiger partial charge in [0.25, 0.3) is 0 Å². The van der Waals surface area contributed by atoms with Crippen molar-refractivity contribution >= 4 is 24.3 Å². The van der Waals surface area contributed by atoms with Gasteiger partial charge in [0.1, 0.15) is 12.1 Å². The highest BCUT2D eigenvalue weighted by Crippen LogP contribution is 2.35. The average Bonchev–Trinajstić information content (AvgIpc) is 2.52. The van der Waals surface area contributed by atoms with Gasteiger partial charge in [-0.25, -0.2) is 9.97 Å². The molecule has 2 aromatic rings. The van der Waals surface area contributed by atoms with Crippen LogP contribution in [0.4, 0.5) is 5.82 Å². The number of methoxy groups -OCH3 is 2. The number of unbranched alkanes of at least 4 members (excludes halogenated alkanes) is 1. The van der Waals surface area contributed by atoms with Gasteiger partial charge in [0.2, 0.25) is 0 Å². The minimum absolute atomic E-state index is 0.107. The first-order valence-corrected chi connectivity index (χ1v) is 8.89. The van der Waals surface area contributed by atoms with Gasteiger partial charge in [-0.05, 0) is 18.9 Å². The minimum Gasteiger partial charge on any atom is -0.493 e. The molecule has 0 amide bonds. The topological polar surface area (TPSA) is 114 Å². The number of anilines is 1. The maximum Gasteiger partial charge on any atom is 0.325 e. The predicted molar refractivity (Wildman–Crippen MR) is 87.3 cm³/mol. The Morgan fingerprint density at radius 1 is 1.13 bits per heavy atom. The van der Waals surface area contributed by atoms with Gasteiger partial charge < -0.3 is 24.6 Å². The lowest BCUT2D eigenvalue weighted by Gasteiger charge is -2.12. The highest BCUT2D eigenvalue weighted by Gasteiger charge is 2.12. The fraction of sp³-hybridized carbons (Fsp3) is 0.429. The number of aromatic nitrogens is 2. The summed E-state index contributed by atoms with van der Waals surface area (Å²) in [6.45, 7) is 0.556. The third kappa shape index (κ3) is 4.79. The SMILES string of the molecule is COc1cc2ncnc(NCCCCP(=O)(O)O)c2cc1OC.